The van der Waals surface area contributed by atoms with Crippen molar-refractivity contribution in [3.8, 4) is 11.1 Å². The summed E-state index contributed by atoms with van der Waals surface area (Å²) in [6.07, 6.45) is 7.06. The highest BCUT2D eigenvalue weighted by Gasteiger charge is 2.23. The molecule has 5 aromatic rings. The average Bonchev–Trinajstić information content (AvgIpc) is 3.67. The number of amides is 1. The quantitative estimate of drug-likeness (QED) is 0.188. The van der Waals surface area contributed by atoms with Gasteiger partial charge in [0.15, 0.2) is 11.6 Å². The van der Waals surface area contributed by atoms with Crippen molar-refractivity contribution in [2.75, 3.05) is 30.3 Å². The Hall–Kier alpha value is -4.02. The summed E-state index contributed by atoms with van der Waals surface area (Å²) in [4.78, 5) is 29.6. The summed E-state index contributed by atoms with van der Waals surface area (Å²) in [5.41, 5.74) is 6.50. The molecule has 1 fully saturated rings. The molecule has 1 amide bonds. The predicted octanol–water partition coefficient (Wildman–Crippen LogP) is 6.57. The van der Waals surface area contributed by atoms with E-state index in [1.54, 1.807) is 12.3 Å². The molecular weight excluding hydrogens is 595 g/mol. The van der Waals surface area contributed by atoms with Gasteiger partial charge in [-0.1, -0.05) is 47.5 Å². The normalized spacial score (nSPS) is 15.0. The molecule has 0 spiro atoms. The molecule has 0 atom stereocenters. The maximum Gasteiger partial charge on any atom is 0.291 e. The number of halogens is 2. The SMILES string of the molecule is Cn1c(C(=O)Nc2cccc(-c3cccc(Nc4nccc5cc(CN6CCCC6)cnc45)c3Cl)c2Cl)nc2c1CCNC2. The van der Waals surface area contributed by atoms with Crippen LogP contribution >= 0.6 is 23.2 Å². The monoisotopic (exact) mass is 626 g/mol. The zero-order valence-corrected chi connectivity index (χ0v) is 25.8. The Kier molecular flexibility index (Phi) is 7.95. The van der Waals surface area contributed by atoms with E-state index >= 15 is 0 Å². The number of hydrogen-bond donors (Lipinski definition) is 3. The fourth-order valence-electron chi connectivity index (χ4n) is 6.12. The van der Waals surface area contributed by atoms with Crippen LogP contribution in [0, 0.1) is 0 Å². The van der Waals surface area contributed by atoms with E-state index in [4.69, 9.17) is 28.2 Å². The zero-order valence-electron chi connectivity index (χ0n) is 24.3. The van der Waals surface area contributed by atoms with E-state index in [2.05, 4.69) is 36.9 Å². The maximum absolute atomic E-state index is 13.3. The van der Waals surface area contributed by atoms with Crippen molar-refractivity contribution in [2.24, 2.45) is 7.05 Å². The lowest BCUT2D eigenvalue weighted by Gasteiger charge is -2.16. The number of benzene rings is 2. The summed E-state index contributed by atoms with van der Waals surface area (Å²) in [6, 6.07) is 15.4. The number of nitrogens with one attached hydrogen (secondary N) is 3. The lowest BCUT2D eigenvalue weighted by Crippen LogP contribution is -2.24. The minimum atomic E-state index is -0.319. The number of carbonyl (C=O) groups excluding carboxylic acids is 1. The first-order chi connectivity index (χ1) is 21.5. The minimum absolute atomic E-state index is 0.319. The van der Waals surface area contributed by atoms with Gasteiger partial charge in [0.05, 0.1) is 27.1 Å². The molecule has 11 heteroatoms. The second-order valence-electron chi connectivity index (χ2n) is 11.3. The number of imidazole rings is 1. The molecule has 2 aliphatic heterocycles. The van der Waals surface area contributed by atoms with E-state index < -0.39 is 0 Å². The maximum atomic E-state index is 13.3. The molecule has 3 aromatic heterocycles. The summed E-state index contributed by atoms with van der Waals surface area (Å²) in [5.74, 6) is 0.652. The van der Waals surface area contributed by atoms with Gasteiger partial charge in [0, 0.05) is 67.7 Å². The van der Waals surface area contributed by atoms with Crippen LogP contribution in [-0.4, -0.2) is 50.0 Å². The molecule has 2 aromatic carbocycles. The van der Waals surface area contributed by atoms with Crippen LogP contribution in [0.25, 0.3) is 22.0 Å². The van der Waals surface area contributed by atoms with Crippen molar-refractivity contribution in [1.29, 1.82) is 0 Å². The third kappa shape index (κ3) is 5.52. The Morgan fingerprint density at radius 1 is 1.00 bits per heavy atom. The Morgan fingerprint density at radius 2 is 1.75 bits per heavy atom. The van der Waals surface area contributed by atoms with Gasteiger partial charge >= 0.3 is 0 Å². The molecule has 9 nitrogen and oxygen atoms in total. The Morgan fingerprint density at radius 3 is 2.52 bits per heavy atom. The zero-order chi connectivity index (χ0) is 30.2. The van der Waals surface area contributed by atoms with Crippen molar-refractivity contribution in [3.05, 3.63) is 93.7 Å². The number of pyridine rings is 2. The lowest BCUT2D eigenvalue weighted by molar-refractivity contribution is 0.101. The van der Waals surface area contributed by atoms with Gasteiger partial charge in [-0.05, 0) is 55.8 Å². The minimum Gasteiger partial charge on any atom is -0.337 e. The van der Waals surface area contributed by atoms with Gasteiger partial charge in [-0.25, -0.2) is 9.97 Å². The predicted molar refractivity (Wildman–Crippen MR) is 176 cm³/mol. The second kappa shape index (κ2) is 12.2. The Balaban J connectivity index is 1.14. The Labute approximate surface area is 265 Å². The van der Waals surface area contributed by atoms with Gasteiger partial charge in [0.2, 0.25) is 0 Å². The van der Waals surface area contributed by atoms with E-state index in [1.807, 2.05) is 54.2 Å². The first kappa shape index (κ1) is 28.7. The molecule has 2 aliphatic rings. The highest BCUT2D eigenvalue weighted by Crippen LogP contribution is 2.41. The van der Waals surface area contributed by atoms with E-state index in [0.717, 1.165) is 60.5 Å². The van der Waals surface area contributed by atoms with Crippen LogP contribution in [0.15, 0.2) is 60.9 Å². The number of likely N-dealkylation sites (tertiary alicyclic amines) is 1. The van der Waals surface area contributed by atoms with E-state index in [9.17, 15) is 4.79 Å². The fraction of sp³-hybridized carbons (Fsp3) is 0.273. The second-order valence-corrected chi connectivity index (χ2v) is 12.0. The van der Waals surface area contributed by atoms with Gasteiger partial charge < -0.3 is 20.5 Å². The summed E-state index contributed by atoms with van der Waals surface area (Å²) in [7, 11) is 1.87. The molecule has 7 rings (SSSR count). The van der Waals surface area contributed by atoms with Crippen molar-refractivity contribution >= 4 is 57.2 Å². The van der Waals surface area contributed by atoms with Crippen LogP contribution in [0.5, 0.6) is 0 Å². The number of nitrogens with zero attached hydrogens (tertiary/aromatic N) is 5. The van der Waals surface area contributed by atoms with Gasteiger partial charge in [0.25, 0.3) is 5.91 Å². The van der Waals surface area contributed by atoms with E-state index in [1.165, 1.54) is 18.4 Å². The number of rotatable bonds is 7. The number of aromatic nitrogens is 4. The highest BCUT2D eigenvalue weighted by atomic mass is 35.5. The lowest BCUT2D eigenvalue weighted by atomic mass is 10.0. The van der Waals surface area contributed by atoms with Gasteiger partial charge in [-0.2, -0.15) is 0 Å². The molecule has 3 N–H and O–H groups in total. The third-order valence-electron chi connectivity index (χ3n) is 8.38. The smallest absolute Gasteiger partial charge is 0.291 e. The number of anilines is 3. The molecule has 0 radical (unpaired) electrons. The van der Waals surface area contributed by atoms with Gasteiger partial charge in [-0.3, -0.25) is 14.7 Å². The number of carbonyl (C=O) groups is 1. The van der Waals surface area contributed by atoms with Crippen molar-refractivity contribution < 1.29 is 4.79 Å². The molecule has 5 heterocycles. The van der Waals surface area contributed by atoms with E-state index in [-0.39, 0.29) is 5.91 Å². The van der Waals surface area contributed by atoms with Crippen molar-refractivity contribution in [3.63, 3.8) is 0 Å². The molecular formula is C33H32Cl2N8O. The summed E-state index contributed by atoms with van der Waals surface area (Å²) < 4.78 is 1.86. The first-order valence-corrected chi connectivity index (χ1v) is 15.6. The Bertz CT molecular complexity index is 1880. The van der Waals surface area contributed by atoms with Crippen molar-refractivity contribution in [2.45, 2.75) is 32.4 Å². The van der Waals surface area contributed by atoms with Crippen LogP contribution in [0.1, 0.15) is 40.4 Å². The summed E-state index contributed by atoms with van der Waals surface area (Å²) in [6.45, 7) is 4.70. The summed E-state index contributed by atoms with van der Waals surface area (Å²) >= 11 is 13.9. The average molecular weight is 628 g/mol. The van der Waals surface area contributed by atoms with Crippen LogP contribution < -0.4 is 16.0 Å². The van der Waals surface area contributed by atoms with Crippen LogP contribution in [0.4, 0.5) is 17.2 Å². The molecule has 1 saturated heterocycles. The van der Waals surface area contributed by atoms with Crippen LogP contribution in [0.3, 0.4) is 0 Å². The van der Waals surface area contributed by atoms with Gasteiger partial charge in [0.1, 0.15) is 5.52 Å². The van der Waals surface area contributed by atoms with Crippen LogP contribution in [0.2, 0.25) is 10.0 Å². The van der Waals surface area contributed by atoms with Gasteiger partial charge in [-0.15, -0.1) is 0 Å². The molecule has 224 valence electrons. The molecule has 0 bridgehead atoms. The highest BCUT2D eigenvalue weighted by molar-refractivity contribution is 6.39. The van der Waals surface area contributed by atoms with Crippen LogP contribution in [-0.2, 0) is 26.6 Å². The first-order valence-electron chi connectivity index (χ1n) is 14.8. The molecule has 0 aliphatic carbocycles. The number of hydrogen-bond acceptors (Lipinski definition) is 7. The fourth-order valence-corrected chi connectivity index (χ4v) is 6.67. The van der Waals surface area contributed by atoms with Crippen molar-refractivity contribution in [1.82, 2.24) is 29.7 Å². The summed E-state index contributed by atoms with van der Waals surface area (Å²) in [5, 5.41) is 11.5. The van der Waals surface area contributed by atoms with E-state index in [0.29, 0.717) is 45.2 Å². The molecule has 0 saturated carbocycles. The standard InChI is InChI=1S/C33H32Cl2N8O/c1-42-27-11-12-36-18-26(27)40-32(42)33(44)41-25-9-5-7-23(29(25)35)22-6-4-8-24(28(22)34)39-31-30-21(10-13-37-31)16-20(17-38-30)19-43-14-2-3-15-43/h4-10,13,16-17,36H,2-3,11-12,14-15,18-19H2,1H3,(H,37,39)(H,41,44). The molecule has 44 heavy (non-hydrogen) atoms. The largest absolute Gasteiger partial charge is 0.337 e. The molecule has 0 unspecified atom stereocenters. The number of fused-ring (bicyclic) bond motifs is 2. The topological polar surface area (TPSA) is 100 Å². The third-order valence-corrected chi connectivity index (χ3v) is 9.19.